The van der Waals surface area contributed by atoms with E-state index in [1.165, 1.54) is 0 Å². The summed E-state index contributed by atoms with van der Waals surface area (Å²) in [7, 11) is 8.23. The summed E-state index contributed by atoms with van der Waals surface area (Å²) in [5.41, 5.74) is 1.97. The van der Waals surface area contributed by atoms with E-state index in [0.29, 0.717) is 36.3 Å². The van der Waals surface area contributed by atoms with E-state index in [1.807, 2.05) is 36.4 Å². The monoisotopic (exact) mass is 373 g/mol. The minimum atomic E-state index is 0.480. The molecule has 0 spiro atoms. The Morgan fingerprint density at radius 2 is 1.44 bits per heavy atom. The molecule has 27 heavy (non-hydrogen) atoms. The second kappa shape index (κ2) is 10.2. The molecule has 2 aromatic carbocycles. The van der Waals surface area contributed by atoms with Crippen LogP contribution in [-0.4, -0.2) is 41.4 Å². The van der Waals surface area contributed by atoms with Crippen molar-refractivity contribution in [3.8, 4) is 23.0 Å². The molecule has 0 saturated carbocycles. The lowest BCUT2D eigenvalue weighted by Crippen LogP contribution is -2.36. The predicted molar refractivity (Wildman–Crippen MR) is 106 cm³/mol. The highest BCUT2D eigenvalue weighted by atomic mass is 16.5. The van der Waals surface area contributed by atoms with Gasteiger partial charge < -0.3 is 29.6 Å². The Hall–Kier alpha value is -3.09. The highest BCUT2D eigenvalue weighted by Crippen LogP contribution is 2.33. The standard InChI is InChI=1S/C20H27N3O4/c1-21-20(22-12-14-7-6-8-15(9-14)24-2)23-13-17-18(26-4)10-16(25-3)11-19(17)27-5/h6-11H,12-13H2,1-5H3,(H2,21,22,23). The van der Waals surface area contributed by atoms with Crippen LogP contribution in [0.25, 0.3) is 0 Å². The number of nitrogens with one attached hydrogen (secondary N) is 2. The van der Waals surface area contributed by atoms with Gasteiger partial charge in [-0.3, -0.25) is 4.99 Å². The third kappa shape index (κ3) is 5.44. The van der Waals surface area contributed by atoms with Crippen LogP contribution < -0.4 is 29.6 Å². The molecule has 0 unspecified atom stereocenters. The lowest BCUT2D eigenvalue weighted by molar-refractivity contribution is 0.368. The number of methoxy groups -OCH3 is 4. The van der Waals surface area contributed by atoms with Gasteiger partial charge in [0.15, 0.2) is 5.96 Å². The SMILES string of the molecule is CN=C(NCc1cccc(OC)c1)NCc1c(OC)cc(OC)cc1OC. The summed E-state index contributed by atoms with van der Waals surface area (Å²) in [6.45, 7) is 1.10. The molecule has 2 N–H and O–H groups in total. The molecule has 7 nitrogen and oxygen atoms in total. The summed E-state index contributed by atoms with van der Waals surface area (Å²) in [5.74, 6) is 3.53. The minimum Gasteiger partial charge on any atom is -0.497 e. The van der Waals surface area contributed by atoms with Crippen molar-refractivity contribution in [2.75, 3.05) is 35.5 Å². The van der Waals surface area contributed by atoms with Gasteiger partial charge in [0.2, 0.25) is 0 Å². The van der Waals surface area contributed by atoms with Gasteiger partial charge in [-0.25, -0.2) is 0 Å². The summed E-state index contributed by atoms with van der Waals surface area (Å²) in [6.07, 6.45) is 0. The summed E-state index contributed by atoms with van der Waals surface area (Å²) < 4.78 is 21.5. The van der Waals surface area contributed by atoms with E-state index in [9.17, 15) is 0 Å². The molecule has 2 rings (SSSR count). The molecule has 0 fully saturated rings. The van der Waals surface area contributed by atoms with E-state index in [4.69, 9.17) is 18.9 Å². The van der Waals surface area contributed by atoms with E-state index in [2.05, 4.69) is 15.6 Å². The summed E-state index contributed by atoms with van der Waals surface area (Å²) >= 11 is 0. The predicted octanol–water partition coefficient (Wildman–Crippen LogP) is 2.59. The number of guanidine groups is 1. The Morgan fingerprint density at radius 1 is 0.815 bits per heavy atom. The van der Waals surface area contributed by atoms with Crippen molar-refractivity contribution in [3.05, 3.63) is 47.5 Å². The van der Waals surface area contributed by atoms with Crippen molar-refractivity contribution < 1.29 is 18.9 Å². The Morgan fingerprint density at radius 3 is 2.00 bits per heavy atom. The first-order chi connectivity index (χ1) is 13.1. The Balaban J connectivity index is 2.05. The number of hydrogen-bond acceptors (Lipinski definition) is 5. The van der Waals surface area contributed by atoms with Crippen molar-refractivity contribution in [2.45, 2.75) is 13.1 Å². The van der Waals surface area contributed by atoms with Crippen LogP contribution in [0.3, 0.4) is 0 Å². The zero-order valence-electron chi connectivity index (χ0n) is 16.5. The lowest BCUT2D eigenvalue weighted by atomic mass is 10.1. The number of benzene rings is 2. The molecular weight excluding hydrogens is 346 g/mol. The number of ether oxygens (including phenoxy) is 4. The topological polar surface area (TPSA) is 73.3 Å². The molecule has 2 aromatic rings. The third-order valence-corrected chi connectivity index (χ3v) is 4.07. The molecule has 0 aromatic heterocycles. The van der Waals surface area contributed by atoms with Gasteiger partial charge in [0.25, 0.3) is 0 Å². The van der Waals surface area contributed by atoms with Crippen LogP contribution in [0, 0.1) is 0 Å². The molecule has 0 atom stereocenters. The smallest absolute Gasteiger partial charge is 0.191 e. The maximum Gasteiger partial charge on any atom is 0.191 e. The number of aliphatic imine (C=N–C) groups is 1. The van der Waals surface area contributed by atoms with E-state index in [0.717, 1.165) is 16.9 Å². The molecule has 0 radical (unpaired) electrons. The van der Waals surface area contributed by atoms with Crippen LogP contribution in [0.5, 0.6) is 23.0 Å². The zero-order valence-corrected chi connectivity index (χ0v) is 16.5. The molecule has 0 aliphatic rings. The van der Waals surface area contributed by atoms with Crippen LogP contribution in [-0.2, 0) is 13.1 Å². The molecule has 0 bridgehead atoms. The van der Waals surface area contributed by atoms with Gasteiger partial charge >= 0.3 is 0 Å². The van der Waals surface area contributed by atoms with Crippen molar-refractivity contribution in [1.29, 1.82) is 0 Å². The molecule has 0 amide bonds. The average Bonchev–Trinajstić information content (AvgIpc) is 2.73. The summed E-state index contributed by atoms with van der Waals surface area (Å²) in [5, 5.41) is 6.56. The van der Waals surface area contributed by atoms with Crippen molar-refractivity contribution >= 4 is 5.96 Å². The van der Waals surface area contributed by atoms with Crippen LogP contribution in [0.1, 0.15) is 11.1 Å². The first-order valence-corrected chi connectivity index (χ1v) is 8.51. The van der Waals surface area contributed by atoms with E-state index >= 15 is 0 Å². The van der Waals surface area contributed by atoms with Gasteiger partial charge in [-0.1, -0.05) is 12.1 Å². The molecule has 146 valence electrons. The van der Waals surface area contributed by atoms with Gasteiger partial charge in [-0.15, -0.1) is 0 Å². The van der Waals surface area contributed by atoms with Gasteiger partial charge in [0, 0.05) is 25.7 Å². The maximum absolute atomic E-state index is 5.48. The normalized spacial score (nSPS) is 10.9. The molecule has 0 aliphatic carbocycles. The van der Waals surface area contributed by atoms with Gasteiger partial charge in [0.05, 0.1) is 40.5 Å². The zero-order chi connectivity index (χ0) is 19.6. The third-order valence-electron chi connectivity index (χ3n) is 4.07. The highest BCUT2D eigenvalue weighted by Gasteiger charge is 2.13. The summed E-state index contributed by atoms with van der Waals surface area (Å²) in [6, 6.07) is 11.5. The lowest BCUT2D eigenvalue weighted by Gasteiger charge is -2.17. The average molecular weight is 373 g/mol. The van der Waals surface area contributed by atoms with Crippen LogP contribution in [0.15, 0.2) is 41.4 Å². The van der Waals surface area contributed by atoms with E-state index < -0.39 is 0 Å². The number of rotatable bonds is 8. The van der Waals surface area contributed by atoms with Crippen LogP contribution in [0.4, 0.5) is 0 Å². The Kier molecular flexibility index (Phi) is 7.61. The molecule has 0 saturated heterocycles. The minimum absolute atomic E-state index is 0.480. The fourth-order valence-corrected chi connectivity index (χ4v) is 2.61. The quantitative estimate of drug-likeness (QED) is 0.547. The molecule has 0 aliphatic heterocycles. The van der Waals surface area contributed by atoms with Crippen molar-refractivity contribution in [1.82, 2.24) is 10.6 Å². The van der Waals surface area contributed by atoms with E-state index in [-0.39, 0.29) is 0 Å². The van der Waals surface area contributed by atoms with Gasteiger partial charge in [-0.2, -0.15) is 0 Å². The Labute approximate surface area is 160 Å². The molecule has 7 heteroatoms. The molecule has 0 heterocycles. The van der Waals surface area contributed by atoms with Crippen molar-refractivity contribution in [3.63, 3.8) is 0 Å². The second-order valence-electron chi connectivity index (χ2n) is 5.64. The van der Waals surface area contributed by atoms with E-state index in [1.54, 1.807) is 35.5 Å². The Bertz CT molecular complexity index is 753. The fourth-order valence-electron chi connectivity index (χ4n) is 2.61. The second-order valence-corrected chi connectivity index (χ2v) is 5.64. The summed E-state index contributed by atoms with van der Waals surface area (Å²) in [4.78, 5) is 4.26. The highest BCUT2D eigenvalue weighted by molar-refractivity contribution is 5.79. The van der Waals surface area contributed by atoms with Gasteiger partial charge in [-0.05, 0) is 17.7 Å². The van der Waals surface area contributed by atoms with Gasteiger partial charge in [0.1, 0.15) is 23.0 Å². The first kappa shape index (κ1) is 20.2. The fraction of sp³-hybridized carbons (Fsp3) is 0.350. The molecular formula is C20H27N3O4. The van der Waals surface area contributed by atoms with Crippen LogP contribution >= 0.6 is 0 Å². The number of hydrogen-bond donors (Lipinski definition) is 2. The largest absolute Gasteiger partial charge is 0.497 e. The maximum atomic E-state index is 5.48. The first-order valence-electron chi connectivity index (χ1n) is 8.51. The number of nitrogens with zero attached hydrogens (tertiary/aromatic N) is 1. The van der Waals surface area contributed by atoms with Crippen LogP contribution in [0.2, 0.25) is 0 Å². The van der Waals surface area contributed by atoms with Crippen molar-refractivity contribution in [2.24, 2.45) is 4.99 Å².